The van der Waals surface area contributed by atoms with Gasteiger partial charge in [-0.1, -0.05) is 17.7 Å². The minimum atomic E-state index is -0.622. The first kappa shape index (κ1) is 21.0. The summed E-state index contributed by atoms with van der Waals surface area (Å²) in [6.45, 7) is 7.10. The zero-order valence-corrected chi connectivity index (χ0v) is 16.7. The normalized spacial score (nSPS) is 15.1. The Hall–Kier alpha value is -2.28. The highest BCUT2D eigenvalue weighted by molar-refractivity contribution is 6.30. The minimum absolute atomic E-state index is 0.0984. The maximum Gasteiger partial charge on any atom is 0.408 e. The van der Waals surface area contributed by atoms with Gasteiger partial charge in [-0.2, -0.15) is 0 Å². The van der Waals surface area contributed by atoms with Crippen LogP contribution in [0.4, 0.5) is 4.79 Å². The Morgan fingerprint density at radius 2 is 1.78 bits per heavy atom. The molecule has 27 heavy (non-hydrogen) atoms. The number of nitrogens with one attached hydrogen (secondary N) is 1. The number of amides is 3. The van der Waals surface area contributed by atoms with Crippen molar-refractivity contribution in [3.8, 4) is 0 Å². The monoisotopic (exact) mass is 395 g/mol. The lowest BCUT2D eigenvalue weighted by atomic mass is 10.2. The summed E-state index contributed by atoms with van der Waals surface area (Å²) >= 11 is 5.96. The lowest BCUT2D eigenvalue weighted by molar-refractivity contribution is -0.130. The van der Waals surface area contributed by atoms with Crippen LogP contribution in [0.2, 0.25) is 5.02 Å². The fourth-order valence-electron chi connectivity index (χ4n) is 2.75. The summed E-state index contributed by atoms with van der Waals surface area (Å²) in [5, 5.41) is 2.99. The molecule has 7 nitrogen and oxygen atoms in total. The lowest BCUT2D eigenvalue weighted by Gasteiger charge is -2.23. The Labute approximate surface area is 164 Å². The highest BCUT2D eigenvalue weighted by atomic mass is 35.5. The molecule has 1 fully saturated rings. The quantitative estimate of drug-likeness (QED) is 0.852. The topological polar surface area (TPSA) is 79.0 Å². The fourth-order valence-corrected chi connectivity index (χ4v) is 2.94. The number of nitrogens with zero attached hydrogens (tertiary/aromatic N) is 2. The van der Waals surface area contributed by atoms with Gasteiger partial charge in [-0.25, -0.2) is 4.79 Å². The van der Waals surface area contributed by atoms with Crippen molar-refractivity contribution in [1.29, 1.82) is 0 Å². The second kappa shape index (κ2) is 9.08. The highest BCUT2D eigenvalue weighted by Gasteiger charge is 2.24. The SMILES string of the molecule is CC(C)(C)OC(=O)NCC(=O)N1CCCN(C(=O)c2cccc(Cl)c2)CC1. The van der Waals surface area contributed by atoms with Crippen LogP contribution in [-0.4, -0.2) is 66.0 Å². The Morgan fingerprint density at radius 1 is 1.11 bits per heavy atom. The van der Waals surface area contributed by atoms with E-state index in [9.17, 15) is 14.4 Å². The third-order valence-corrected chi connectivity index (χ3v) is 4.23. The lowest BCUT2D eigenvalue weighted by Crippen LogP contribution is -2.43. The molecular weight excluding hydrogens is 370 g/mol. The van der Waals surface area contributed by atoms with E-state index in [1.54, 1.807) is 54.8 Å². The number of hydrogen-bond acceptors (Lipinski definition) is 4. The number of ether oxygens (including phenoxy) is 1. The molecule has 1 aliphatic rings. The van der Waals surface area contributed by atoms with E-state index in [4.69, 9.17) is 16.3 Å². The Balaban J connectivity index is 1.86. The van der Waals surface area contributed by atoms with Crippen molar-refractivity contribution in [2.24, 2.45) is 0 Å². The third kappa shape index (κ3) is 6.75. The van der Waals surface area contributed by atoms with E-state index in [1.807, 2.05) is 0 Å². The van der Waals surface area contributed by atoms with Gasteiger partial charge in [0.25, 0.3) is 5.91 Å². The number of rotatable bonds is 3. The van der Waals surface area contributed by atoms with Gasteiger partial charge in [-0.05, 0) is 45.4 Å². The van der Waals surface area contributed by atoms with Crippen LogP contribution in [0, 0.1) is 0 Å². The Kier molecular flexibility index (Phi) is 7.07. The van der Waals surface area contributed by atoms with Gasteiger partial charge >= 0.3 is 6.09 Å². The number of hydrogen-bond donors (Lipinski definition) is 1. The minimum Gasteiger partial charge on any atom is -0.444 e. The largest absolute Gasteiger partial charge is 0.444 e. The molecule has 1 aromatic carbocycles. The maximum absolute atomic E-state index is 12.6. The molecule has 8 heteroatoms. The van der Waals surface area contributed by atoms with Crippen LogP contribution < -0.4 is 5.32 Å². The van der Waals surface area contributed by atoms with Gasteiger partial charge in [0.2, 0.25) is 5.91 Å². The molecule has 1 N–H and O–H groups in total. The molecule has 1 heterocycles. The van der Waals surface area contributed by atoms with Crippen LogP contribution in [-0.2, 0) is 9.53 Å². The predicted molar refractivity (Wildman–Crippen MR) is 103 cm³/mol. The molecule has 2 rings (SSSR count). The zero-order valence-electron chi connectivity index (χ0n) is 16.0. The molecule has 0 radical (unpaired) electrons. The third-order valence-electron chi connectivity index (χ3n) is 3.99. The summed E-state index contributed by atoms with van der Waals surface area (Å²) in [7, 11) is 0. The van der Waals surface area contributed by atoms with Crippen molar-refractivity contribution in [2.45, 2.75) is 32.8 Å². The molecule has 0 saturated carbocycles. The van der Waals surface area contributed by atoms with Gasteiger partial charge in [0, 0.05) is 36.8 Å². The van der Waals surface area contributed by atoms with Crippen LogP contribution in [0.15, 0.2) is 24.3 Å². The Morgan fingerprint density at radius 3 is 2.44 bits per heavy atom. The predicted octanol–water partition coefficient (Wildman–Crippen LogP) is 2.54. The fraction of sp³-hybridized carbons (Fsp3) is 0.526. The summed E-state index contributed by atoms with van der Waals surface area (Å²) < 4.78 is 5.12. The van der Waals surface area contributed by atoms with Crippen molar-refractivity contribution in [3.05, 3.63) is 34.9 Å². The number of halogens is 1. The summed E-state index contributed by atoms with van der Waals surface area (Å²) in [6, 6.07) is 6.83. The highest BCUT2D eigenvalue weighted by Crippen LogP contribution is 2.14. The summed E-state index contributed by atoms with van der Waals surface area (Å²) in [4.78, 5) is 40.0. The molecule has 0 bridgehead atoms. The van der Waals surface area contributed by atoms with Gasteiger partial charge in [0.05, 0.1) is 0 Å². The van der Waals surface area contributed by atoms with E-state index < -0.39 is 11.7 Å². The summed E-state index contributed by atoms with van der Waals surface area (Å²) in [5.74, 6) is -0.295. The molecule has 0 unspecified atom stereocenters. The molecule has 0 spiro atoms. The second-order valence-electron chi connectivity index (χ2n) is 7.39. The van der Waals surface area contributed by atoms with E-state index >= 15 is 0 Å². The molecule has 1 aliphatic heterocycles. The molecule has 1 saturated heterocycles. The number of carbonyl (C=O) groups excluding carboxylic acids is 3. The number of alkyl carbamates (subject to hydrolysis) is 1. The number of benzene rings is 1. The van der Waals surface area contributed by atoms with E-state index in [-0.39, 0.29) is 18.4 Å². The van der Waals surface area contributed by atoms with E-state index in [0.29, 0.717) is 43.2 Å². The van der Waals surface area contributed by atoms with Crippen molar-refractivity contribution < 1.29 is 19.1 Å². The second-order valence-corrected chi connectivity index (χ2v) is 7.83. The van der Waals surface area contributed by atoms with Crippen LogP contribution in [0.1, 0.15) is 37.6 Å². The smallest absolute Gasteiger partial charge is 0.408 e. The van der Waals surface area contributed by atoms with Gasteiger partial charge < -0.3 is 19.9 Å². The molecule has 0 atom stereocenters. The first-order valence-corrected chi connectivity index (χ1v) is 9.33. The molecule has 148 valence electrons. The average Bonchev–Trinajstić information content (AvgIpc) is 2.83. The van der Waals surface area contributed by atoms with Crippen LogP contribution in [0.5, 0.6) is 0 Å². The molecule has 3 amide bonds. The van der Waals surface area contributed by atoms with Gasteiger partial charge in [-0.3, -0.25) is 9.59 Å². The maximum atomic E-state index is 12.6. The summed E-state index contributed by atoms with van der Waals surface area (Å²) in [5.41, 5.74) is -0.0782. The first-order valence-electron chi connectivity index (χ1n) is 8.95. The van der Waals surface area contributed by atoms with E-state index in [1.165, 1.54) is 0 Å². The van der Waals surface area contributed by atoms with Crippen molar-refractivity contribution >= 4 is 29.5 Å². The molecule has 0 aliphatic carbocycles. The Bertz CT molecular complexity index is 702. The van der Waals surface area contributed by atoms with Crippen molar-refractivity contribution in [3.63, 3.8) is 0 Å². The van der Waals surface area contributed by atoms with E-state index in [2.05, 4.69) is 5.32 Å². The first-order chi connectivity index (χ1) is 12.7. The van der Waals surface area contributed by atoms with E-state index in [0.717, 1.165) is 0 Å². The zero-order chi connectivity index (χ0) is 20.0. The summed E-state index contributed by atoms with van der Waals surface area (Å²) in [6.07, 6.45) is 0.0493. The molecular formula is C19H26ClN3O4. The van der Waals surface area contributed by atoms with Gasteiger partial charge in [-0.15, -0.1) is 0 Å². The molecule has 1 aromatic rings. The van der Waals surface area contributed by atoms with Crippen LogP contribution in [0.25, 0.3) is 0 Å². The average molecular weight is 396 g/mol. The molecule has 0 aromatic heterocycles. The van der Waals surface area contributed by atoms with Crippen molar-refractivity contribution in [1.82, 2.24) is 15.1 Å². The van der Waals surface area contributed by atoms with Crippen LogP contribution in [0.3, 0.4) is 0 Å². The van der Waals surface area contributed by atoms with Gasteiger partial charge in [0.1, 0.15) is 12.1 Å². The standard InChI is InChI=1S/C19H26ClN3O4/c1-19(2,3)27-18(26)21-13-16(24)22-8-5-9-23(11-10-22)17(25)14-6-4-7-15(20)12-14/h4,6-7,12H,5,8-11,13H2,1-3H3,(H,21,26). The number of carbonyl (C=O) groups is 3. The van der Waals surface area contributed by atoms with Crippen molar-refractivity contribution in [2.75, 3.05) is 32.7 Å². The van der Waals surface area contributed by atoms with Gasteiger partial charge in [0.15, 0.2) is 0 Å². The van der Waals surface area contributed by atoms with Crippen LogP contribution >= 0.6 is 11.6 Å².